The summed E-state index contributed by atoms with van der Waals surface area (Å²) >= 11 is 0. The van der Waals surface area contributed by atoms with Crippen molar-refractivity contribution in [2.45, 2.75) is 25.3 Å². The number of carboxylic acid groups (broad SMARTS) is 1. The van der Waals surface area contributed by atoms with Gasteiger partial charge >= 0.3 is 5.97 Å². The molecule has 1 unspecified atom stereocenters. The van der Waals surface area contributed by atoms with Crippen molar-refractivity contribution in [2.75, 3.05) is 20.8 Å². The maximum Gasteiger partial charge on any atom is 0.326 e. The first-order valence-corrected chi connectivity index (χ1v) is 6.82. The molecule has 6 nitrogen and oxygen atoms in total. The van der Waals surface area contributed by atoms with E-state index in [4.69, 9.17) is 14.6 Å². The average molecular weight is 313 g/mol. The van der Waals surface area contributed by atoms with Gasteiger partial charge in [-0.2, -0.15) is 0 Å². The number of carbonyl (C=O) groups excluding carboxylic acids is 1. The van der Waals surface area contributed by atoms with Crippen LogP contribution in [-0.2, 0) is 20.7 Å². The highest BCUT2D eigenvalue weighted by Crippen LogP contribution is 2.20. The summed E-state index contributed by atoms with van der Waals surface area (Å²) in [7, 11) is 2.81. The lowest BCUT2D eigenvalue weighted by Crippen LogP contribution is -2.41. The largest absolute Gasteiger partial charge is 0.494 e. The van der Waals surface area contributed by atoms with Gasteiger partial charge in [-0.05, 0) is 18.1 Å². The number of amides is 1. The van der Waals surface area contributed by atoms with Gasteiger partial charge in [-0.1, -0.05) is 12.1 Å². The third kappa shape index (κ3) is 5.33. The van der Waals surface area contributed by atoms with Crippen LogP contribution in [-0.4, -0.2) is 43.9 Å². The van der Waals surface area contributed by atoms with Crippen LogP contribution in [0.5, 0.6) is 5.75 Å². The molecule has 0 heterocycles. The van der Waals surface area contributed by atoms with Gasteiger partial charge in [-0.25, -0.2) is 9.18 Å². The Morgan fingerprint density at radius 2 is 2.09 bits per heavy atom. The van der Waals surface area contributed by atoms with Crippen molar-refractivity contribution < 1.29 is 28.6 Å². The van der Waals surface area contributed by atoms with E-state index in [9.17, 15) is 14.0 Å². The van der Waals surface area contributed by atoms with Gasteiger partial charge in [-0.15, -0.1) is 0 Å². The van der Waals surface area contributed by atoms with E-state index in [1.165, 1.54) is 20.3 Å². The van der Waals surface area contributed by atoms with E-state index in [1.54, 1.807) is 12.1 Å². The Balaban J connectivity index is 2.56. The maximum atomic E-state index is 13.9. The molecule has 0 saturated carbocycles. The molecule has 1 aromatic carbocycles. The SMILES string of the molecule is COCCC(NC(=O)CCc1cccc(OC)c1F)C(=O)O. The smallest absolute Gasteiger partial charge is 0.326 e. The van der Waals surface area contributed by atoms with Gasteiger partial charge in [0, 0.05) is 26.6 Å². The minimum Gasteiger partial charge on any atom is -0.494 e. The van der Waals surface area contributed by atoms with E-state index < -0.39 is 23.7 Å². The van der Waals surface area contributed by atoms with Crippen LogP contribution >= 0.6 is 0 Å². The summed E-state index contributed by atoms with van der Waals surface area (Å²) in [6.45, 7) is 0.224. The minimum absolute atomic E-state index is 0.0130. The third-order valence-electron chi connectivity index (χ3n) is 3.13. The molecule has 0 aliphatic rings. The van der Waals surface area contributed by atoms with E-state index in [-0.39, 0.29) is 31.6 Å². The molecule has 7 heteroatoms. The second kappa shape index (κ2) is 8.99. The number of methoxy groups -OCH3 is 2. The van der Waals surface area contributed by atoms with Gasteiger partial charge in [0.05, 0.1) is 7.11 Å². The number of rotatable bonds is 9. The summed E-state index contributed by atoms with van der Waals surface area (Å²) in [6, 6.07) is 3.67. The summed E-state index contributed by atoms with van der Waals surface area (Å²) in [5.74, 6) is -1.97. The first kappa shape index (κ1) is 17.9. The van der Waals surface area contributed by atoms with Gasteiger partial charge < -0.3 is 19.9 Å². The predicted octanol–water partition coefficient (Wildman–Crippen LogP) is 1.37. The Kier molecular flexibility index (Phi) is 7.31. The van der Waals surface area contributed by atoms with Crippen molar-refractivity contribution in [2.24, 2.45) is 0 Å². The molecule has 1 rings (SSSR count). The zero-order valence-corrected chi connectivity index (χ0v) is 12.6. The van der Waals surface area contributed by atoms with Crippen LogP contribution in [0.25, 0.3) is 0 Å². The Morgan fingerprint density at radius 1 is 1.36 bits per heavy atom. The topological polar surface area (TPSA) is 84.9 Å². The molecule has 0 aliphatic carbocycles. The van der Waals surface area contributed by atoms with E-state index in [1.807, 2.05) is 0 Å². The summed E-state index contributed by atoms with van der Waals surface area (Å²) in [5.41, 5.74) is 0.346. The number of halogens is 1. The molecule has 22 heavy (non-hydrogen) atoms. The van der Waals surface area contributed by atoms with E-state index in [0.717, 1.165) is 0 Å². The minimum atomic E-state index is -1.13. The first-order chi connectivity index (χ1) is 10.5. The fourth-order valence-corrected chi connectivity index (χ4v) is 1.91. The fraction of sp³-hybridized carbons (Fsp3) is 0.467. The van der Waals surface area contributed by atoms with Crippen molar-refractivity contribution in [3.05, 3.63) is 29.6 Å². The van der Waals surface area contributed by atoms with Crippen LogP contribution in [0.3, 0.4) is 0 Å². The number of benzene rings is 1. The molecule has 122 valence electrons. The van der Waals surface area contributed by atoms with Gasteiger partial charge in [0.15, 0.2) is 11.6 Å². The Labute approximate surface area is 128 Å². The highest BCUT2D eigenvalue weighted by Gasteiger charge is 2.19. The summed E-state index contributed by atoms with van der Waals surface area (Å²) in [5, 5.41) is 11.4. The zero-order chi connectivity index (χ0) is 16.5. The molecule has 0 aliphatic heterocycles. The quantitative estimate of drug-likeness (QED) is 0.719. The van der Waals surface area contributed by atoms with Gasteiger partial charge in [0.1, 0.15) is 6.04 Å². The molecule has 1 atom stereocenters. The van der Waals surface area contributed by atoms with Crippen LogP contribution in [0.1, 0.15) is 18.4 Å². The number of aliphatic carboxylic acids is 1. The second-order valence-electron chi connectivity index (χ2n) is 4.67. The van der Waals surface area contributed by atoms with Crippen LogP contribution < -0.4 is 10.1 Å². The standard InChI is InChI=1S/C15H20FNO5/c1-21-9-8-11(15(19)20)17-13(18)7-6-10-4-3-5-12(22-2)14(10)16/h3-5,11H,6-9H2,1-2H3,(H,17,18)(H,19,20). The number of ether oxygens (including phenoxy) is 2. The number of nitrogens with one attached hydrogen (secondary N) is 1. The molecule has 0 fully saturated rings. The predicted molar refractivity (Wildman–Crippen MR) is 77.3 cm³/mol. The third-order valence-corrected chi connectivity index (χ3v) is 3.13. The summed E-state index contributed by atoms with van der Waals surface area (Å²) in [4.78, 5) is 22.8. The van der Waals surface area contributed by atoms with Crippen molar-refractivity contribution >= 4 is 11.9 Å². The molecule has 2 N–H and O–H groups in total. The summed E-state index contributed by atoms with van der Waals surface area (Å²) in [6.07, 6.45) is 0.317. The van der Waals surface area contributed by atoms with Crippen LogP contribution in [0.4, 0.5) is 4.39 Å². The lowest BCUT2D eigenvalue weighted by molar-refractivity contribution is -0.142. The Bertz CT molecular complexity index is 521. The van der Waals surface area contributed by atoms with Crippen LogP contribution in [0, 0.1) is 5.82 Å². The van der Waals surface area contributed by atoms with Crippen molar-refractivity contribution in [1.82, 2.24) is 5.32 Å². The number of aryl methyl sites for hydroxylation is 1. The van der Waals surface area contributed by atoms with Gasteiger partial charge in [-0.3, -0.25) is 4.79 Å². The normalized spacial score (nSPS) is 11.8. The van der Waals surface area contributed by atoms with Crippen molar-refractivity contribution in [3.63, 3.8) is 0 Å². The fourth-order valence-electron chi connectivity index (χ4n) is 1.91. The Hall–Kier alpha value is -2.15. The van der Waals surface area contributed by atoms with Gasteiger partial charge in [0.2, 0.25) is 5.91 Å². The number of carboxylic acids is 1. The van der Waals surface area contributed by atoms with E-state index >= 15 is 0 Å². The number of carbonyl (C=O) groups is 2. The monoisotopic (exact) mass is 313 g/mol. The number of hydrogen-bond acceptors (Lipinski definition) is 4. The molecule has 0 bridgehead atoms. The van der Waals surface area contributed by atoms with Crippen LogP contribution in [0.15, 0.2) is 18.2 Å². The molecule has 0 radical (unpaired) electrons. The first-order valence-electron chi connectivity index (χ1n) is 6.82. The molecule has 0 spiro atoms. The molecule has 0 aromatic heterocycles. The molecular formula is C15H20FNO5. The van der Waals surface area contributed by atoms with Crippen molar-refractivity contribution in [3.8, 4) is 5.75 Å². The highest BCUT2D eigenvalue weighted by molar-refractivity contribution is 5.83. The average Bonchev–Trinajstić information content (AvgIpc) is 2.50. The maximum absolute atomic E-state index is 13.9. The van der Waals surface area contributed by atoms with Gasteiger partial charge in [0.25, 0.3) is 0 Å². The van der Waals surface area contributed by atoms with Crippen LogP contribution in [0.2, 0.25) is 0 Å². The highest BCUT2D eigenvalue weighted by atomic mass is 19.1. The van der Waals surface area contributed by atoms with E-state index in [2.05, 4.69) is 5.32 Å². The zero-order valence-electron chi connectivity index (χ0n) is 12.6. The molecule has 1 aromatic rings. The summed E-state index contributed by atoms with van der Waals surface area (Å²) < 4.78 is 23.6. The lowest BCUT2D eigenvalue weighted by atomic mass is 10.1. The van der Waals surface area contributed by atoms with Crippen molar-refractivity contribution in [1.29, 1.82) is 0 Å². The number of hydrogen-bond donors (Lipinski definition) is 2. The Morgan fingerprint density at radius 3 is 2.68 bits per heavy atom. The molecular weight excluding hydrogens is 293 g/mol. The lowest BCUT2D eigenvalue weighted by Gasteiger charge is -2.14. The second-order valence-corrected chi connectivity index (χ2v) is 4.67. The van der Waals surface area contributed by atoms with E-state index in [0.29, 0.717) is 5.56 Å². The molecule has 1 amide bonds. The molecule has 0 saturated heterocycles.